The maximum absolute atomic E-state index is 11.1. The molecule has 0 radical (unpaired) electrons. The van der Waals surface area contributed by atoms with Crippen molar-refractivity contribution in [2.24, 2.45) is 10.9 Å². The number of hydrazone groups is 1. The highest BCUT2D eigenvalue weighted by molar-refractivity contribution is 8.15. The number of benzene rings is 1. The van der Waals surface area contributed by atoms with Gasteiger partial charge in [0.25, 0.3) is 5.91 Å². The molecule has 0 spiro atoms. The van der Waals surface area contributed by atoms with Gasteiger partial charge in [0.1, 0.15) is 0 Å². The summed E-state index contributed by atoms with van der Waals surface area (Å²) in [6.45, 7) is 0. The minimum atomic E-state index is -0.131. The zero-order chi connectivity index (χ0) is 10.7. The summed E-state index contributed by atoms with van der Waals surface area (Å²) in [6.07, 6.45) is 0. The number of hydrogen-bond acceptors (Lipinski definition) is 5. The van der Waals surface area contributed by atoms with Gasteiger partial charge in [0.15, 0.2) is 0 Å². The summed E-state index contributed by atoms with van der Waals surface area (Å²) < 4.78 is 0. The molecule has 1 aromatic carbocycles. The molecule has 1 heterocycles. The van der Waals surface area contributed by atoms with Crippen LogP contribution in [0.15, 0.2) is 35.4 Å². The highest BCUT2D eigenvalue weighted by Crippen LogP contribution is 2.16. The number of amides is 1. The van der Waals surface area contributed by atoms with Crippen LogP contribution in [0.2, 0.25) is 0 Å². The zero-order valence-electron chi connectivity index (χ0n) is 7.88. The van der Waals surface area contributed by atoms with Crippen LogP contribution >= 0.6 is 11.8 Å². The summed E-state index contributed by atoms with van der Waals surface area (Å²) in [5.41, 5.74) is 3.69. The van der Waals surface area contributed by atoms with Crippen molar-refractivity contribution in [3.05, 3.63) is 30.3 Å². The summed E-state index contributed by atoms with van der Waals surface area (Å²) in [6, 6.07) is 9.48. The second kappa shape index (κ2) is 4.33. The predicted molar refractivity (Wildman–Crippen MR) is 61.0 cm³/mol. The third-order valence-electron chi connectivity index (χ3n) is 1.85. The molecule has 0 unspecified atom stereocenters. The third kappa shape index (κ3) is 2.28. The maximum atomic E-state index is 11.1. The fourth-order valence-corrected chi connectivity index (χ4v) is 1.83. The number of nitrogens with two attached hydrogens (primary N) is 1. The van der Waals surface area contributed by atoms with Crippen LogP contribution in [0.25, 0.3) is 0 Å². The van der Waals surface area contributed by atoms with Gasteiger partial charge in [0, 0.05) is 0 Å². The Kier molecular flexibility index (Phi) is 2.89. The highest BCUT2D eigenvalue weighted by atomic mass is 32.2. The van der Waals surface area contributed by atoms with Gasteiger partial charge < -0.3 is 0 Å². The molecule has 1 amide bonds. The fraction of sp³-hybridized carbons (Fsp3) is 0.111. The number of rotatable bonds is 2. The lowest BCUT2D eigenvalue weighted by Gasteiger charge is -2.07. The molecule has 1 saturated heterocycles. The summed E-state index contributed by atoms with van der Waals surface area (Å²) >= 11 is 1.32. The lowest BCUT2D eigenvalue weighted by molar-refractivity contribution is -0.124. The largest absolute Gasteiger partial charge is 0.276 e. The van der Waals surface area contributed by atoms with E-state index in [1.165, 1.54) is 11.8 Å². The minimum Gasteiger partial charge on any atom is -0.276 e. The molecule has 2 rings (SSSR count). The van der Waals surface area contributed by atoms with Crippen LogP contribution in [0.4, 0.5) is 5.69 Å². The first kappa shape index (κ1) is 10.0. The third-order valence-corrected chi connectivity index (χ3v) is 2.79. The first-order valence-electron chi connectivity index (χ1n) is 4.36. The van der Waals surface area contributed by atoms with E-state index in [1.54, 1.807) is 0 Å². The Morgan fingerprint density at radius 3 is 2.73 bits per heavy atom. The van der Waals surface area contributed by atoms with Crippen molar-refractivity contribution in [1.29, 1.82) is 0 Å². The number of carbonyl (C=O) groups is 1. The van der Waals surface area contributed by atoms with Crippen molar-refractivity contribution in [3.63, 3.8) is 0 Å². The van der Waals surface area contributed by atoms with Crippen molar-refractivity contribution in [2.75, 3.05) is 11.2 Å². The monoisotopic (exact) mass is 222 g/mol. The van der Waals surface area contributed by atoms with Crippen molar-refractivity contribution in [1.82, 2.24) is 5.01 Å². The highest BCUT2D eigenvalue weighted by Gasteiger charge is 2.25. The van der Waals surface area contributed by atoms with Crippen LogP contribution in [0.5, 0.6) is 0 Å². The first-order chi connectivity index (χ1) is 7.27. The predicted octanol–water partition coefficient (Wildman–Crippen LogP) is 0.819. The van der Waals surface area contributed by atoms with Crippen LogP contribution in [-0.2, 0) is 4.79 Å². The number of para-hydroxylation sites is 1. The lowest BCUT2D eigenvalue weighted by atomic mass is 10.3. The first-order valence-corrected chi connectivity index (χ1v) is 5.35. The van der Waals surface area contributed by atoms with Crippen LogP contribution in [-0.4, -0.2) is 21.8 Å². The average Bonchev–Trinajstić information content (AvgIpc) is 2.59. The van der Waals surface area contributed by atoms with Gasteiger partial charge in [-0.3, -0.25) is 10.2 Å². The van der Waals surface area contributed by atoms with Crippen molar-refractivity contribution in [3.8, 4) is 0 Å². The van der Waals surface area contributed by atoms with Crippen LogP contribution in [0.3, 0.4) is 0 Å². The molecule has 3 N–H and O–H groups in total. The Morgan fingerprint density at radius 2 is 2.13 bits per heavy atom. The van der Waals surface area contributed by atoms with Crippen molar-refractivity contribution in [2.45, 2.75) is 0 Å². The number of nitrogens with zero attached hydrogens (tertiary/aromatic N) is 2. The molecule has 0 atom stereocenters. The Labute approximate surface area is 91.3 Å². The molecule has 15 heavy (non-hydrogen) atoms. The molecule has 0 aromatic heterocycles. The molecule has 6 heteroatoms. The van der Waals surface area contributed by atoms with Gasteiger partial charge in [-0.2, -0.15) is 0 Å². The Bertz CT molecular complexity index is 392. The van der Waals surface area contributed by atoms with Crippen molar-refractivity contribution < 1.29 is 4.79 Å². The van der Waals surface area contributed by atoms with Gasteiger partial charge in [-0.15, -0.1) is 5.10 Å². The fourth-order valence-electron chi connectivity index (χ4n) is 1.08. The van der Waals surface area contributed by atoms with Crippen LogP contribution in [0.1, 0.15) is 0 Å². The molecular weight excluding hydrogens is 212 g/mol. The van der Waals surface area contributed by atoms with E-state index in [-0.39, 0.29) is 5.91 Å². The van der Waals surface area contributed by atoms with E-state index < -0.39 is 0 Å². The van der Waals surface area contributed by atoms with E-state index in [4.69, 9.17) is 5.84 Å². The quantitative estimate of drug-likeness (QED) is 0.441. The zero-order valence-corrected chi connectivity index (χ0v) is 8.70. The second-order valence-electron chi connectivity index (χ2n) is 2.92. The van der Waals surface area contributed by atoms with E-state index >= 15 is 0 Å². The molecule has 5 nitrogen and oxygen atoms in total. The number of hydrazine groups is 1. The van der Waals surface area contributed by atoms with Crippen molar-refractivity contribution >= 4 is 28.5 Å². The van der Waals surface area contributed by atoms with Crippen LogP contribution in [0, 0.1) is 0 Å². The topological polar surface area (TPSA) is 70.7 Å². The smallest absolute Gasteiger partial charge is 0.253 e. The van der Waals surface area contributed by atoms with Gasteiger partial charge >= 0.3 is 0 Å². The Morgan fingerprint density at radius 1 is 1.40 bits per heavy atom. The molecule has 0 bridgehead atoms. The number of amidine groups is 1. The summed E-state index contributed by atoms with van der Waals surface area (Å²) in [5.74, 6) is 5.70. The normalized spacial score (nSPS) is 18.6. The number of nitrogens with one attached hydrogen (secondary N) is 1. The van der Waals surface area contributed by atoms with E-state index in [2.05, 4.69) is 10.5 Å². The molecule has 1 aliphatic heterocycles. The lowest BCUT2D eigenvalue weighted by Crippen LogP contribution is -2.36. The number of anilines is 1. The van der Waals surface area contributed by atoms with E-state index in [0.717, 1.165) is 10.7 Å². The Hall–Kier alpha value is -1.53. The van der Waals surface area contributed by atoms with E-state index in [0.29, 0.717) is 10.9 Å². The van der Waals surface area contributed by atoms with E-state index in [1.807, 2.05) is 30.3 Å². The SMILES string of the molecule is NN1C(=O)CS/C1=N\Nc1ccccc1. The molecule has 0 saturated carbocycles. The number of hydrogen-bond donors (Lipinski definition) is 2. The minimum absolute atomic E-state index is 0.131. The van der Waals surface area contributed by atoms with Gasteiger partial charge in [-0.25, -0.2) is 10.9 Å². The van der Waals surface area contributed by atoms with Gasteiger partial charge in [-0.1, -0.05) is 30.0 Å². The second-order valence-corrected chi connectivity index (χ2v) is 3.87. The molecule has 1 aliphatic rings. The van der Waals surface area contributed by atoms with Gasteiger partial charge in [0.05, 0.1) is 11.4 Å². The average molecular weight is 222 g/mol. The van der Waals surface area contributed by atoms with Gasteiger partial charge in [-0.05, 0) is 12.1 Å². The summed E-state index contributed by atoms with van der Waals surface area (Å²) in [4.78, 5) is 11.1. The molecular formula is C9H10N4OS. The maximum Gasteiger partial charge on any atom is 0.253 e. The molecule has 1 fully saturated rings. The standard InChI is InChI=1S/C9H10N4OS/c10-13-8(14)6-15-9(13)12-11-7-4-2-1-3-5-7/h1-5,11H,6,10H2/b12-9-. The molecule has 0 aliphatic carbocycles. The van der Waals surface area contributed by atoms with E-state index in [9.17, 15) is 4.79 Å². The number of thioether (sulfide) groups is 1. The summed E-state index contributed by atoms with van der Waals surface area (Å²) in [7, 11) is 0. The van der Waals surface area contributed by atoms with Crippen LogP contribution < -0.4 is 11.3 Å². The Balaban J connectivity index is 2.04. The molecule has 1 aromatic rings. The molecule has 78 valence electrons. The van der Waals surface area contributed by atoms with Gasteiger partial charge in [0.2, 0.25) is 5.17 Å². The number of carbonyl (C=O) groups excluding carboxylic acids is 1. The summed E-state index contributed by atoms with van der Waals surface area (Å²) in [5, 5.41) is 5.58.